The lowest BCUT2D eigenvalue weighted by Crippen LogP contribution is -2.32. The van der Waals surface area contributed by atoms with Gasteiger partial charge in [0, 0.05) is 11.3 Å². The number of amides is 2. The van der Waals surface area contributed by atoms with E-state index in [1.807, 2.05) is 5.38 Å². The lowest BCUT2D eigenvalue weighted by atomic mass is 10.1. The predicted molar refractivity (Wildman–Crippen MR) is 76.4 cm³/mol. The molecule has 1 aliphatic heterocycles. The molecule has 0 spiro atoms. The van der Waals surface area contributed by atoms with E-state index in [9.17, 15) is 14.4 Å². The first-order valence-electron chi connectivity index (χ1n) is 6.80. The van der Waals surface area contributed by atoms with Gasteiger partial charge in [-0.25, -0.2) is 9.78 Å². The topological polar surface area (TPSA) is 76.6 Å². The Morgan fingerprint density at radius 2 is 1.82 bits per heavy atom. The van der Waals surface area contributed by atoms with Crippen LogP contribution in [0.4, 0.5) is 0 Å². The summed E-state index contributed by atoms with van der Waals surface area (Å²) in [7, 11) is 0. The molecule has 6 nitrogen and oxygen atoms in total. The highest BCUT2D eigenvalue weighted by atomic mass is 32.1. The van der Waals surface area contributed by atoms with Gasteiger partial charge in [-0.15, -0.1) is 11.3 Å². The Labute approximate surface area is 129 Å². The zero-order valence-electron chi connectivity index (χ0n) is 11.3. The molecular formula is C15H10N2O4S. The number of thiazole rings is 1. The summed E-state index contributed by atoms with van der Waals surface area (Å²) in [6.07, 6.45) is 2.16. The molecule has 4 rings (SSSR count). The van der Waals surface area contributed by atoms with Gasteiger partial charge in [-0.3, -0.25) is 9.59 Å². The number of carbonyl (C=O) groups is 3. The van der Waals surface area contributed by atoms with Crippen LogP contribution < -0.4 is 0 Å². The predicted octanol–water partition coefficient (Wildman–Crippen LogP) is 2.39. The summed E-state index contributed by atoms with van der Waals surface area (Å²) in [5.74, 6) is -1.62. The van der Waals surface area contributed by atoms with Gasteiger partial charge in [0.2, 0.25) is 5.01 Å². The Hall–Kier alpha value is -2.54. The summed E-state index contributed by atoms with van der Waals surface area (Å²) in [5.41, 5.74) is 1.34. The Kier molecular flexibility index (Phi) is 2.83. The maximum Gasteiger partial charge on any atom is 0.392 e. The molecule has 1 aromatic carbocycles. The number of hydroxylamine groups is 2. The van der Waals surface area contributed by atoms with Crippen molar-refractivity contribution in [2.45, 2.75) is 18.8 Å². The molecule has 1 aliphatic carbocycles. The molecule has 0 radical (unpaired) electrons. The van der Waals surface area contributed by atoms with Gasteiger partial charge in [-0.05, 0) is 25.0 Å². The molecule has 22 heavy (non-hydrogen) atoms. The van der Waals surface area contributed by atoms with Crippen molar-refractivity contribution in [3.63, 3.8) is 0 Å². The van der Waals surface area contributed by atoms with Crippen LogP contribution in [-0.4, -0.2) is 27.8 Å². The molecule has 0 unspecified atom stereocenters. The third kappa shape index (κ3) is 2.01. The zero-order chi connectivity index (χ0) is 15.3. The second-order valence-corrected chi connectivity index (χ2v) is 6.04. The molecule has 0 atom stereocenters. The van der Waals surface area contributed by atoms with Gasteiger partial charge in [0.05, 0.1) is 16.8 Å². The number of carbonyl (C=O) groups excluding carboxylic acids is 3. The summed E-state index contributed by atoms with van der Waals surface area (Å²) in [6, 6.07) is 6.35. The first-order valence-corrected chi connectivity index (χ1v) is 7.68. The molecule has 2 aromatic rings. The summed E-state index contributed by atoms with van der Waals surface area (Å²) in [6.45, 7) is 0. The van der Waals surface area contributed by atoms with Crippen molar-refractivity contribution in [1.29, 1.82) is 0 Å². The SMILES string of the molecule is O=C(ON1C(=O)c2ccccc2C1=O)c1nc(C2CC2)cs1. The molecular weight excluding hydrogens is 304 g/mol. The molecule has 0 N–H and O–H groups in total. The second-order valence-electron chi connectivity index (χ2n) is 5.18. The van der Waals surface area contributed by atoms with Crippen LogP contribution in [0.2, 0.25) is 0 Å². The Bertz CT molecular complexity index is 774. The fourth-order valence-electron chi connectivity index (χ4n) is 2.32. The summed E-state index contributed by atoms with van der Waals surface area (Å²) in [4.78, 5) is 45.5. The Morgan fingerprint density at radius 1 is 1.18 bits per heavy atom. The number of nitrogens with zero attached hydrogens (tertiary/aromatic N) is 2. The monoisotopic (exact) mass is 314 g/mol. The molecule has 0 bridgehead atoms. The molecule has 2 heterocycles. The summed E-state index contributed by atoms with van der Waals surface area (Å²) >= 11 is 1.16. The van der Waals surface area contributed by atoms with Crippen LogP contribution in [0.3, 0.4) is 0 Å². The molecule has 0 saturated heterocycles. The van der Waals surface area contributed by atoms with Crippen molar-refractivity contribution in [2.75, 3.05) is 0 Å². The van der Waals surface area contributed by atoms with Crippen molar-refractivity contribution in [3.05, 3.63) is 51.5 Å². The number of benzene rings is 1. The number of hydrogen-bond acceptors (Lipinski definition) is 6. The molecule has 2 amide bonds. The van der Waals surface area contributed by atoms with Gasteiger partial charge in [0.25, 0.3) is 11.8 Å². The minimum Gasteiger partial charge on any atom is -0.322 e. The first kappa shape index (κ1) is 13.1. The highest BCUT2D eigenvalue weighted by molar-refractivity contribution is 7.11. The van der Waals surface area contributed by atoms with Crippen LogP contribution in [0.1, 0.15) is 55.0 Å². The average molecular weight is 314 g/mol. The van der Waals surface area contributed by atoms with E-state index in [0.717, 1.165) is 29.9 Å². The van der Waals surface area contributed by atoms with Crippen molar-refractivity contribution in [3.8, 4) is 0 Å². The Balaban J connectivity index is 1.55. The number of hydrogen-bond donors (Lipinski definition) is 0. The maximum atomic E-state index is 12.1. The standard InChI is InChI=1S/C15H10N2O4S/c18-13-9-3-1-2-4-10(9)14(19)17(13)21-15(20)12-16-11(7-22-12)8-5-6-8/h1-4,7-8H,5-6H2. The lowest BCUT2D eigenvalue weighted by molar-refractivity contribution is -0.0584. The van der Waals surface area contributed by atoms with E-state index in [2.05, 4.69) is 4.98 Å². The number of fused-ring (bicyclic) bond motifs is 1. The van der Waals surface area contributed by atoms with E-state index >= 15 is 0 Å². The number of aromatic nitrogens is 1. The van der Waals surface area contributed by atoms with E-state index in [4.69, 9.17) is 4.84 Å². The van der Waals surface area contributed by atoms with E-state index in [0.29, 0.717) is 11.0 Å². The minimum absolute atomic E-state index is 0.151. The maximum absolute atomic E-state index is 12.1. The molecule has 1 saturated carbocycles. The summed E-state index contributed by atoms with van der Waals surface area (Å²) < 4.78 is 0. The van der Waals surface area contributed by atoms with Gasteiger partial charge >= 0.3 is 5.97 Å². The first-order chi connectivity index (χ1) is 10.6. The van der Waals surface area contributed by atoms with Crippen LogP contribution >= 0.6 is 11.3 Å². The minimum atomic E-state index is -0.786. The highest BCUT2D eigenvalue weighted by Crippen LogP contribution is 2.40. The van der Waals surface area contributed by atoms with E-state index < -0.39 is 17.8 Å². The molecule has 1 fully saturated rings. The summed E-state index contributed by atoms with van der Waals surface area (Å²) in [5, 5.41) is 2.47. The van der Waals surface area contributed by atoms with Crippen molar-refractivity contribution in [2.24, 2.45) is 0 Å². The molecule has 110 valence electrons. The van der Waals surface area contributed by atoms with Gasteiger partial charge < -0.3 is 4.84 Å². The van der Waals surface area contributed by atoms with Crippen molar-refractivity contribution in [1.82, 2.24) is 10.0 Å². The second kappa shape index (κ2) is 4.74. The molecule has 1 aromatic heterocycles. The molecule has 7 heteroatoms. The van der Waals surface area contributed by atoms with Gasteiger partial charge in [-0.2, -0.15) is 0 Å². The smallest absolute Gasteiger partial charge is 0.322 e. The fourth-order valence-corrected chi connectivity index (χ4v) is 3.09. The molecule has 2 aliphatic rings. The fraction of sp³-hybridized carbons (Fsp3) is 0.200. The van der Waals surface area contributed by atoms with E-state index in [-0.39, 0.29) is 16.1 Å². The highest BCUT2D eigenvalue weighted by Gasteiger charge is 2.39. The van der Waals surface area contributed by atoms with Gasteiger partial charge in [0.1, 0.15) is 0 Å². The van der Waals surface area contributed by atoms with Crippen molar-refractivity contribution >= 4 is 29.1 Å². The van der Waals surface area contributed by atoms with Gasteiger partial charge in [0.15, 0.2) is 0 Å². The van der Waals surface area contributed by atoms with Crippen LogP contribution in [0.5, 0.6) is 0 Å². The normalized spacial score (nSPS) is 16.8. The van der Waals surface area contributed by atoms with Crippen LogP contribution in [0.15, 0.2) is 29.6 Å². The zero-order valence-corrected chi connectivity index (χ0v) is 12.1. The quantitative estimate of drug-likeness (QED) is 0.813. The van der Waals surface area contributed by atoms with Gasteiger partial charge in [-0.1, -0.05) is 17.2 Å². The van der Waals surface area contributed by atoms with Crippen LogP contribution in [0, 0.1) is 0 Å². The average Bonchev–Trinajstić information content (AvgIpc) is 3.22. The number of rotatable bonds is 3. The number of imide groups is 1. The Morgan fingerprint density at radius 3 is 2.41 bits per heavy atom. The van der Waals surface area contributed by atoms with E-state index in [1.165, 1.54) is 12.1 Å². The van der Waals surface area contributed by atoms with Crippen LogP contribution in [-0.2, 0) is 4.84 Å². The third-order valence-corrected chi connectivity index (χ3v) is 4.46. The van der Waals surface area contributed by atoms with Crippen molar-refractivity contribution < 1.29 is 19.2 Å². The third-order valence-electron chi connectivity index (χ3n) is 3.62. The van der Waals surface area contributed by atoms with E-state index in [1.54, 1.807) is 12.1 Å². The van der Waals surface area contributed by atoms with Crippen LogP contribution in [0.25, 0.3) is 0 Å². The largest absolute Gasteiger partial charge is 0.392 e. The lowest BCUT2D eigenvalue weighted by Gasteiger charge is -2.11.